The minimum Gasteiger partial charge on any atom is -0.391 e. The highest BCUT2D eigenvalue weighted by Crippen LogP contribution is 2.18. The third-order valence-corrected chi connectivity index (χ3v) is 4.25. The number of aliphatic hydroxyl groups is 1. The van der Waals surface area contributed by atoms with Crippen LogP contribution in [0.2, 0.25) is 0 Å². The van der Waals surface area contributed by atoms with Crippen LogP contribution in [-0.4, -0.2) is 39.6 Å². The lowest BCUT2D eigenvalue weighted by Gasteiger charge is -2.28. The minimum atomic E-state index is -0.411. The Morgan fingerprint density at radius 1 is 1.45 bits per heavy atom. The zero-order valence-corrected chi connectivity index (χ0v) is 13.8. The van der Waals surface area contributed by atoms with E-state index in [2.05, 4.69) is 28.7 Å². The first-order valence-electron chi connectivity index (χ1n) is 8.19. The molecule has 3 unspecified atom stereocenters. The van der Waals surface area contributed by atoms with E-state index in [0.29, 0.717) is 12.5 Å². The van der Waals surface area contributed by atoms with Gasteiger partial charge in [-0.3, -0.25) is 4.68 Å². The zero-order valence-electron chi connectivity index (χ0n) is 13.8. The molecule has 2 amide bonds. The lowest BCUT2D eigenvalue weighted by Crippen LogP contribution is -2.49. The van der Waals surface area contributed by atoms with Gasteiger partial charge < -0.3 is 15.7 Å². The van der Waals surface area contributed by atoms with Crippen LogP contribution in [0.25, 0.3) is 0 Å². The molecule has 124 valence electrons. The summed E-state index contributed by atoms with van der Waals surface area (Å²) in [4.78, 5) is 11.9. The molecule has 0 aliphatic heterocycles. The summed E-state index contributed by atoms with van der Waals surface area (Å²) in [5.74, 6) is 0.292. The highest BCUT2D eigenvalue weighted by molar-refractivity contribution is 5.74. The standard InChI is InChI=1S/C16H28N4O2/c1-11(10-20-13(3)8-12(2)19-20)9-17-16(22)18-14-6-4-5-7-15(14)21/h8,11,14-15,21H,4-7,9-10H2,1-3H3,(H2,17,18,22). The largest absolute Gasteiger partial charge is 0.391 e. The molecular weight excluding hydrogens is 280 g/mol. The van der Waals surface area contributed by atoms with Crippen molar-refractivity contribution in [3.05, 3.63) is 17.5 Å². The Bertz CT molecular complexity index is 500. The normalized spacial score (nSPS) is 23.1. The van der Waals surface area contributed by atoms with Crippen LogP contribution in [0, 0.1) is 19.8 Å². The molecule has 1 heterocycles. The average molecular weight is 308 g/mol. The second-order valence-electron chi connectivity index (χ2n) is 6.53. The van der Waals surface area contributed by atoms with E-state index in [1.165, 1.54) is 0 Å². The maximum atomic E-state index is 11.9. The number of aromatic nitrogens is 2. The SMILES string of the molecule is Cc1cc(C)n(CC(C)CNC(=O)NC2CCCCC2O)n1. The number of nitrogens with zero attached hydrogens (tertiary/aromatic N) is 2. The third-order valence-electron chi connectivity index (χ3n) is 4.25. The number of carbonyl (C=O) groups is 1. The first-order valence-corrected chi connectivity index (χ1v) is 8.19. The van der Waals surface area contributed by atoms with Gasteiger partial charge in [0.05, 0.1) is 17.8 Å². The van der Waals surface area contributed by atoms with Crippen LogP contribution in [0.1, 0.15) is 44.0 Å². The summed E-state index contributed by atoms with van der Waals surface area (Å²) in [5, 5.41) is 20.1. The van der Waals surface area contributed by atoms with Crippen molar-refractivity contribution in [1.82, 2.24) is 20.4 Å². The Balaban J connectivity index is 1.72. The molecule has 1 aromatic heterocycles. The molecule has 22 heavy (non-hydrogen) atoms. The van der Waals surface area contributed by atoms with E-state index < -0.39 is 6.10 Å². The predicted molar refractivity (Wildman–Crippen MR) is 85.7 cm³/mol. The number of nitrogens with one attached hydrogen (secondary N) is 2. The summed E-state index contributed by atoms with van der Waals surface area (Å²) < 4.78 is 1.98. The van der Waals surface area contributed by atoms with Gasteiger partial charge in [0, 0.05) is 18.8 Å². The Morgan fingerprint density at radius 3 is 2.82 bits per heavy atom. The van der Waals surface area contributed by atoms with Crippen molar-refractivity contribution in [3.63, 3.8) is 0 Å². The topological polar surface area (TPSA) is 79.2 Å². The fourth-order valence-electron chi connectivity index (χ4n) is 2.99. The second kappa shape index (κ2) is 7.63. The molecule has 6 nitrogen and oxygen atoms in total. The van der Waals surface area contributed by atoms with E-state index in [9.17, 15) is 9.90 Å². The monoisotopic (exact) mass is 308 g/mol. The Hall–Kier alpha value is -1.56. The van der Waals surface area contributed by atoms with Crippen molar-refractivity contribution < 1.29 is 9.90 Å². The van der Waals surface area contributed by atoms with Gasteiger partial charge in [0.25, 0.3) is 0 Å². The van der Waals surface area contributed by atoms with Crippen molar-refractivity contribution >= 4 is 6.03 Å². The molecule has 1 fully saturated rings. The molecule has 2 rings (SSSR count). The van der Waals surface area contributed by atoms with Crippen LogP contribution in [0.4, 0.5) is 4.79 Å². The Kier molecular flexibility index (Phi) is 5.83. The highest BCUT2D eigenvalue weighted by atomic mass is 16.3. The van der Waals surface area contributed by atoms with Crippen LogP contribution in [0.5, 0.6) is 0 Å². The van der Waals surface area contributed by atoms with E-state index in [0.717, 1.165) is 43.6 Å². The first kappa shape index (κ1) is 16.8. The molecule has 1 aliphatic carbocycles. The first-order chi connectivity index (χ1) is 10.5. The van der Waals surface area contributed by atoms with Crippen molar-refractivity contribution in [2.75, 3.05) is 6.54 Å². The Labute approximate surface area is 132 Å². The van der Waals surface area contributed by atoms with Gasteiger partial charge >= 0.3 is 6.03 Å². The smallest absolute Gasteiger partial charge is 0.315 e. The maximum absolute atomic E-state index is 11.9. The van der Waals surface area contributed by atoms with Crippen LogP contribution in [0.15, 0.2) is 6.07 Å². The number of aryl methyl sites for hydroxylation is 2. The highest BCUT2D eigenvalue weighted by Gasteiger charge is 2.24. The molecule has 0 spiro atoms. The van der Waals surface area contributed by atoms with Crippen LogP contribution in [-0.2, 0) is 6.54 Å². The fourth-order valence-corrected chi connectivity index (χ4v) is 2.99. The van der Waals surface area contributed by atoms with E-state index in [-0.39, 0.29) is 12.1 Å². The summed E-state index contributed by atoms with van der Waals surface area (Å²) in [6, 6.07) is 1.75. The molecule has 3 atom stereocenters. The number of amides is 2. The number of aliphatic hydroxyl groups excluding tert-OH is 1. The van der Waals surface area contributed by atoms with Crippen molar-refractivity contribution in [2.24, 2.45) is 5.92 Å². The number of hydrogen-bond donors (Lipinski definition) is 3. The summed E-state index contributed by atoms with van der Waals surface area (Å²) in [6.07, 6.45) is 3.33. The minimum absolute atomic E-state index is 0.111. The molecule has 0 saturated heterocycles. The summed E-state index contributed by atoms with van der Waals surface area (Å²) in [7, 11) is 0. The molecule has 0 aromatic carbocycles. The quantitative estimate of drug-likeness (QED) is 0.775. The van der Waals surface area contributed by atoms with Gasteiger partial charge in [0.15, 0.2) is 0 Å². The fraction of sp³-hybridized carbons (Fsp3) is 0.750. The van der Waals surface area contributed by atoms with Crippen molar-refractivity contribution in [1.29, 1.82) is 0 Å². The van der Waals surface area contributed by atoms with Gasteiger partial charge in [0.1, 0.15) is 0 Å². The van der Waals surface area contributed by atoms with E-state index in [4.69, 9.17) is 0 Å². The maximum Gasteiger partial charge on any atom is 0.315 e. The van der Waals surface area contributed by atoms with Gasteiger partial charge in [-0.05, 0) is 38.7 Å². The summed E-state index contributed by atoms with van der Waals surface area (Å²) in [5.41, 5.74) is 2.15. The molecule has 1 aromatic rings. The zero-order chi connectivity index (χ0) is 16.1. The van der Waals surface area contributed by atoms with E-state index in [1.807, 2.05) is 18.5 Å². The van der Waals surface area contributed by atoms with Crippen LogP contribution < -0.4 is 10.6 Å². The van der Waals surface area contributed by atoms with E-state index in [1.54, 1.807) is 0 Å². The number of carbonyl (C=O) groups excluding carboxylic acids is 1. The van der Waals surface area contributed by atoms with Gasteiger partial charge in [-0.25, -0.2) is 4.79 Å². The predicted octanol–water partition coefficient (Wildman–Crippen LogP) is 1.74. The van der Waals surface area contributed by atoms with Gasteiger partial charge in [0.2, 0.25) is 0 Å². The summed E-state index contributed by atoms with van der Waals surface area (Å²) >= 11 is 0. The van der Waals surface area contributed by atoms with Crippen molar-refractivity contribution in [2.45, 2.75) is 65.1 Å². The molecule has 0 radical (unpaired) electrons. The third kappa shape index (κ3) is 4.73. The molecule has 1 saturated carbocycles. The van der Waals surface area contributed by atoms with Gasteiger partial charge in [-0.2, -0.15) is 5.10 Å². The molecule has 3 N–H and O–H groups in total. The van der Waals surface area contributed by atoms with Crippen LogP contribution in [0.3, 0.4) is 0 Å². The number of rotatable bonds is 5. The molecule has 1 aliphatic rings. The lowest BCUT2D eigenvalue weighted by atomic mass is 9.93. The second-order valence-corrected chi connectivity index (χ2v) is 6.53. The number of hydrogen-bond acceptors (Lipinski definition) is 3. The van der Waals surface area contributed by atoms with Crippen LogP contribution >= 0.6 is 0 Å². The number of urea groups is 1. The average Bonchev–Trinajstić information content (AvgIpc) is 2.77. The molecular formula is C16H28N4O2. The van der Waals surface area contributed by atoms with Gasteiger partial charge in [-0.15, -0.1) is 0 Å². The lowest BCUT2D eigenvalue weighted by molar-refractivity contribution is 0.0942. The van der Waals surface area contributed by atoms with Gasteiger partial charge in [-0.1, -0.05) is 19.8 Å². The molecule has 6 heteroatoms. The van der Waals surface area contributed by atoms with E-state index >= 15 is 0 Å². The summed E-state index contributed by atoms with van der Waals surface area (Å²) in [6.45, 7) is 7.48. The molecule has 0 bridgehead atoms. The van der Waals surface area contributed by atoms with Crippen molar-refractivity contribution in [3.8, 4) is 0 Å². The Morgan fingerprint density at radius 2 is 2.18 bits per heavy atom.